The maximum absolute atomic E-state index is 12.3. The van der Waals surface area contributed by atoms with Gasteiger partial charge in [-0.25, -0.2) is 4.79 Å². The predicted molar refractivity (Wildman–Crippen MR) is 93.9 cm³/mol. The predicted octanol–water partition coefficient (Wildman–Crippen LogP) is 3.15. The molecule has 0 bridgehead atoms. The number of nitrogens with one attached hydrogen (secondary N) is 3. The quantitative estimate of drug-likeness (QED) is 0.764. The molecule has 2 atom stereocenters. The minimum atomic E-state index is -0.187. The van der Waals surface area contributed by atoms with Gasteiger partial charge < -0.3 is 16.0 Å². The van der Waals surface area contributed by atoms with Crippen molar-refractivity contribution in [1.82, 2.24) is 16.0 Å². The van der Waals surface area contributed by atoms with Gasteiger partial charge in [-0.1, -0.05) is 36.6 Å². The minimum Gasteiger partial charge on any atom is -0.352 e. The Hall–Kier alpha value is -1.75. The lowest BCUT2D eigenvalue weighted by Crippen LogP contribution is -2.45. The zero-order valence-corrected chi connectivity index (χ0v) is 14.4. The molecule has 0 spiro atoms. The molecule has 2 aliphatic rings. The molecule has 130 valence electrons. The van der Waals surface area contributed by atoms with Crippen LogP contribution in [0.15, 0.2) is 24.3 Å². The number of hydrogen-bond acceptors (Lipinski definition) is 2. The van der Waals surface area contributed by atoms with E-state index in [1.807, 2.05) is 24.3 Å². The van der Waals surface area contributed by atoms with Gasteiger partial charge in [0.2, 0.25) is 5.91 Å². The van der Waals surface area contributed by atoms with E-state index in [1.54, 1.807) is 0 Å². The highest BCUT2D eigenvalue weighted by Crippen LogP contribution is 2.36. The van der Waals surface area contributed by atoms with Crippen molar-refractivity contribution in [3.05, 3.63) is 34.9 Å². The molecular weight excluding hydrogens is 326 g/mol. The number of carbonyl (C=O) groups excluding carboxylic acids is 2. The molecule has 3 amide bonds. The summed E-state index contributed by atoms with van der Waals surface area (Å²) in [6.07, 6.45) is 5.98. The smallest absolute Gasteiger partial charge is 0.315 e. The average molecular weight is 350 g/mol. The highest BCUT2D eigenvalue weighted by atomic mass is 35.5. The van der Waals surface area contributed by atoms with Gasteiger partial charge in [0, 0.05) is 24.0 Å². The van der Waals surface area contributed by atoms with Gasteiger partial charge in [0.05, 0.1) is 6.04 Å². The Morgan fingerprint density at radius 1 is 1.29 bits per heavy atom. The van der Waals surface area contributed by atoms with Crippen LogP contribution in [0.3, 0.4) is 0 Å². The summed E-state index contributed by atoms with van der Waals surface area (Å²) in [7, 11) is 0. The molecule has 6 heteroatoms. The Morgan fingerprint density at radius 2 is 2.08 bits per heavy atom. The summed E-state index contributed by atoms with van der Waals surface area (Å²) < 4.78 is 0. The second-order valence-electron chi connectivity index (χ2n) is 6.73. The third-order valence-corrected chi connectivity index (χ3v) is 5.19. The maximum atomic E-state index is 12.3. The van der Waals surface area contributed by atoms with Gasteiger partial charge in [0.25, 0.3) is 0 Å². The van der Waals surface area contributed by atoms with E-state index in [9.17, 15) is 9.59 Å². The summed E-state index contributed by atoms with van der Waals surface area (Å²) in [5, 5.41) is 9.55. The highest BCUT2D eigenvalue weighted by molar-refractivity contribution is 6.30. The van der Waals surface area contributed by atoms with E-state index in [0.29, 0.717) is 23.9 Å². The molecule has 3 rings (SSSR count). The van der Waals surface area contributed by atoms with Crippen molar-refractivity contribution in [1.29, 1.82) is 0 Å². The first-order valence-electron chi connectivity index (χ1n) is 8.71. The van der Waals surface area contributed by atoms with Crippen molar-refractivity contribution in [2.45, 2.75) is 50.6 Å². The lowest BCUT2D eigenvalue weighted by atomic mass is 9.92. The number of rotatable bonds is 5. The highest BCUT2D eigenvalue weighted by Gasteiger charge is 2.28. The molecule has 1 saturated carbocycles. The van der Waals surface area contributed by atoms with E-state index in [1.165, 1.54) is 12.8 Å². The molecule has 1 saturated heterocycles. The molecule has 0 unspecified atom stereocenters. The Balaban J connectivity index is 1.60. The Labute approximate surface area is 147 Å². The Bertz CT molecular complexity index is 602. The zero-order valence-electron chi connectivity index (χ0n) is 13.7. The van der Waals surface area contributed by atoms with E-state index in [-0.39, 0.29) is 24.0 Å². The first-order valence-corrected chi connectivity index (χ1v) is 9.09. The lowest BCUT2D eigenvalue weighted by Gasteiger charge is -2.26. The Morgan fingerprint density at radius 3 is 2.75 bits per heavy atom. The zero-order chi connectivity index (χ0) is 16.9. The van der Waals surface area contributed by atoms with E-state index in [0.717, 1.165) is 24.8 Å². The second-order valence-corrected chi connectivity index (χ2v) is 7.17. The second kappa shape index (κ2) is 7.88. The minimum absolute atomic E-state index is 0.0237. The van der Waals surface area contributed by atoms with Gasteiger partial charge >= 0.3 is 6.03 Å². The molecule has 1 aromatic rings. The van der Waals surface area contributed by atoms with Crippen LogP contribution >= 0.6 is 11.6 Å². The number of halogens is 1. The van der Waals surface area contributed by atoms with Crippen LogP contribution in [0.4, 0.5) is 4.79 Å². The van der Waals surface area contributed by atoms with Crippen LogP contribution in [0, 0.1) is 5.92 Å². The van der Waals surface area contributed by atoms with Gasteiger partial charge in [-0.05, 0) is 42.9 Å². The summed E-state index contributed by atoms with van der Waals surface area (Å²) in [4.78, 5) is 23.6. The molecule has 1 aliphatic carbocycles. The van der Waals surface area contributed by atoms with E-state index in [4.69, 9.17) is 11.6 Å². The molecule has 1 heterocycles. The molecule has 5 nitrogen and oxygen atoms in total. The monoisotopic (exact) mass is 349 g/mol. The maximum Gasteiger partial charge on any atom is 0.315 e. The standard InChI is InChI=1S/C18H24ClN3O2/c19-14-7-3-6-13(10-14)17(12-4-1-2-5-12)22-18(24)20-11-15-8-9-16(23)21-15/h3,6-7,10,12,15,17H,1-2,4-5,8-9,11H2,(H,21,23)(H2,20,22,24)/t15-,17-/m0/s1. The topological polar surface area (TPSA) is 70.2 Å². The van der Waals surface area contributed by atoms with Crippen molar-refractivity contribution in [2.24, 2.45) is 5.92 Å². The third kappa shape index (κ3) is 4.41. The fraction of sp³-hybridized carbons (Fsp3) is 0.556. The summed E-state index contributed by atoms with van der Waals surface area (Å²) in [6, 6.07) is 7.55. The molecule has 24 heavy (non-hydrogen) atoms. The van der Waals surface area contributed by atoms with Gasteiger partial charge in [0.1, 0.15) is 0 Å². The number of amides is 3. The van der Waals surface area contributed by atoms with Gasteiger partial charge in [-0.15, -0.1) is 0 Å². The van der Waals surface area contributed by atoms with Gasteiger partial charge in [-0.2, -0.15) is 0 Å². The SMILES string of the molecule is O=C1CC[C@@H](CNC(=O)N[C@H](c2cccc(Cl)c2)C2CCCC2)N1. The van der Waals surface area contributed by atoms with Gasteiger partial charge in [0.15, 0.2) is 0 Å². The van der Waals surface area contributed by atoms with E-state index < -0.39 is 0 Å². The molecular formula is C18H24ClN3O2. The van der Waals surface area contributed by atoms with Crippen LogP contribution in [-0.2, 0) is 4.79 Å². The van der Waals surface area contributed by atoms with Crippen LogP contribution in [0.2, 0.25) is 5.02 Å². The van der Waals surface area contributed by atoms with Crippen LogP contribution < -0.4 is 16.0 Å². The largest absolute Gasteiger partial charge is 0.352 e. The average Bonchev–Trinajstić information content (AvgIpc) is 3.22. The normalized spacial score (nSPS) is 22.2. The van der Waals surface area contributed by atoms with Crippen LogP contribution in [0.5, 0.6) is 0 Å². The van der Waals surface area contributed by atoms with Crippen LogP contribution in [0.1, 0.15) is 50.1 Å². The molecule has 1 aliphatic heterocycles. The van der Waals surface area contributed by atoms with Crippen molar-refractivity contribution >= 4 is 23.5 Å². The van der Waals surface area contributed by atoms with E-state index >= 15 is 0 Å². The summed E-state index contributed by atoms with van der Waals surface area (Å²) in [5.41, 5.74) is 1.05. The third-order valence-electron chi connectivity index (χ3n) is 4.96. The van der Waals surface area contributed by atoms with Crippen LogP contribution in [0.25, 0.3) is 0 Å². The Kier molecular flexibility index (Phi) is 5.61. The van der Waals surface area contributed by atoms with Gasteiger partial charge in [-0.3, -0.25) is 4.79 Å². The number of carbonyl (C=O) groups is 2. The molecule has 0 aromatic heterocycles. The van der Waals surface area contributed by atoms with Crippen molar-refractivity contribution in [2.75, 3.05) is 6.54 Å². The summed E-state index contributed by atoms with van der Waals surface area (Å²) >= 11 is 6.12. The summed E-state index contributed by atoms with van der Waals surface area (Å²) in [6.45, 7) is 0.463. The lowest BCUT2D eigenvalue weighted by molar-refractivity contribution is -0.119. The molecule has 1 aromatic carbocycles. The van der Waals surface area contributed by atoms with Crippen molar-refractivity contribution in [3.63, 3.8) is 0 Å². The first kappa shape index (κ1) is 17.1. The van der Waals surface area contributed by atoms with E-state index in [2.05, 4.69) is 16.0 Å². The summed E-state index contributed by atoms with van der Waals surface area (Å²) in [5.74, 6) is 0.505. The fourth-order valence-corrected chi connectivity index (χ4v) is 3.90. The molecule has 0 radical (unpaired) electrons. The number of benzene rings is 1. The van der Waals surface area contributed by atoms with Crippen molar-refractivity contribution in [3.8, 4) is 0 Å². The number of urea groups is 1. The fourth-order valence-electron chi connectivity index (χ4n) is 3.70. The molecule has 2 fully saturated rings. The molecule has 3 N–H and O–H groups in total. The van der Waals surface area contributed by atoms with Crippen LogP contribution in [-0.4, -0.2) is 24.5 Å². The first-order chi connectivity index (χ1) is 11.6. The van der Waals surface area contributed by atoms with Crippen molar-refractivity contribution < 1.29 is 9.59 Å². The number of hydrogen-bond donors (Lipinski definition) is 3.